The van der Waals surface area contributed by atoms with Crippen LogP contribution in [0.4, 0.5) is 22.0 Å². The van der Waals surface area contributed by atoms with Gasteiger partial charge in [-0.15, -0.1) is 11.8 Å². The third-order valence-electron chi connectivity index (χ3n) is 4.85. The number of aromatic nitrogens is 5. The van der Waals surface area contributed by atoms with Gasteiger partial charge < -0.3 is 4.57 Å². The topological polar surface area (TPSA) is 65.6 Å². The van der Waals surface area contributed by atoms with Gasteiger partial charge in [0.05, 0.1) is 29.5 Å². The second kappa shape index (κ2) is 8.99. The number of hydrogen-bond donors (Lipinski definition) is 0. The summed E-state index contributed by atoms with van der Waals surface area (Å²) in [4.78, 5) is 22.0. The van der Waals surface area contributed by atoms with Gasteiger partial charge in [-0.3, -0.25) is 14.8 Å². The molecule has 4 aromatic rings. The maximum atomic E-state index is 13.4. The molecule has 0 aliphatic carbocycles. The third kappa shape index (κ3) is 4.64. The maximum Gasteiger partial charge on any atom is 0.455 e. The van der Waals surface area contributed by atoms with E-state index in [0.717, 1.165) is 23.0 Å². The Morgan fingerprint density at radius 1 is 1.06 bits per heavy atom. The molecule has 0 unspecified atom stereocenters. The van der Waals surface area contributed by atoms with Crippen molar-refractivity contribution in [1.29, 1.82) is 0 Å². The molecule has 0 bridgehead atoms. The number of pyridine rings is 3. The van der Waals surface area contributed by atoms with E-state index in [0.29, 0.717) is 32.2 Å². The van der Waals surface area contributed by atoms with Crippen molar-refractivity contribution < 1.29 is 22.0 Å². The second-order valence-electron chi connectivity index (χ2n) is 7.16. The largest absolute Gasteiger partial charge is 0.455 e. The zero-order chi connectivity index (χ0) is 24.7. The lowest BCUT2D eigenvalue weighted by molar-refractivity contribution is -0.287. The molecule has 178 valence electrons. The number of fused-ring (bicyclic) bond motifs is 1. The van der Waals surface area contributed by atoms with Crippen LogP contribution in [0.3, 0.4) is 0 Å². The molecular formula is C21H15ClF5N5OS. The van der Waals surface area contributed by atoms with E-state index in [-0.39, 0.29) is 5.39 Å². The fourth-order valence-corrected chi connectivity index (χ4v) is 4.15. The van der Waals surface area contributed by atoms with E-state index in [1.54, 1.807) is 23.1 Å². The van der Waals surface area contributed by atoms with Gasteiger partial charge in [0, 0.05) is 23.5 Å². The zero-order valence-corrected chi connectivity index (χ0v) is 18.9. The normalized spacial score (nSPS) is 12.4. The highest BCUT2D eigenvalue weighted by Gasteiger charge is 2.57. The first-order valence-electron chi connectivity index (χ1n) is 9.78. The first kappa shape index (κ1) is 24.1. The van der Waals surface area contributed by atoms with Gasteiger partial charge in [0.25, 0.3) is 5.56 Å². The summed E-state index contributed by atoms with van der Waals surface area (Å²) in [6, 6.07) is 6.31. The molecule has 0 saturated carbocycles. The molecule has 0 atom stereocenters. The van der Waals surface area contributed by atoms with Crippen molar-refractivity contribution in [3.63, 3.8) is 0 Å². The quantitative estimate of drug-likeness (QED) is 0.247. The van der Waals surface area contributed by atoms with Crippen LogP contribution in [-0.4, -0.2) is 42.2 Å². The number of halogens is 6. The molecule has 0 aromatic carbocycles. The summed E-state index contributed by atoms with van der Waals surface area (Å²) in [5.41, 5.74) is 0.596. The van der Waals surface area contributed by atoms with Gasteiger partial charge >= 0.3 is 12.1 Å². The Morgan fingerprint density at radius 2 is 1.82 bits per heavy atom. The molecule has 13 heteroatoms. The molecule has 0 saturated heterocycles. The second-order valence-corrected chi connectivity index (χ2v) is 8.86. The van der Waals surface area contributed by atoms with Crippen molar-refractivity contribution in [1.82, 2.24) is 24.3 Å². The Hall–Kier alpha value is -2.99. The fraction of sp³-hybridized carbons (Fsp3) is 0.238. The van der Waals surface area contributed by atoms with Gasteiger partial charge in [-0.1, -0.05) is 18.5 Å². The van der Waals surface area contributed by atoms with Crippen LogP contribution in [0.5, 0.6) is 0 Å². The number of nitrogens with zero attached hydrogens (tertiary/aromatic N) is 5. The lowest BCUT2D eigenvalue weighted by Gasteiger charge is -2.20. The summed E-state index contributed by atoms with van der Waals surface area (Å²) in [5, 5.41) is 4.71. The monoisotopic (exact) mass is 515 g/mol. The lowest BCUT2D eigenvalue weighted by atomic mass is 10.1. The zero-order valence-electron chi connectivity index (χ0n) is 17.4. The highest BCUT2D eigenvalue weighted by Crippen LogP contribution is 2.36. The average Bonchev–Trinajstić information content (AvgIpc) is 3.21. The smallest absolute Gasteiger partial charge is 0.308 e. The number of rotatable bonds is 6. The maximum absolute atomic E-state index is 13.4. The van der Waals surface area contributed by atoms with Crippen molar-refractivity contribution >= 4 is 34.1 Å². The highest BCUT2D eigenvalue weighted by molar-refractivity contribution is 7.99. The summed E-state index contributed by atoms with van der Waals surface area (Å²) in [7, 11) is 0. The standard InChI is InChI=1S/C21H15ClF5N5OS/c1-2-34-16-8-13(32-6-4-17(22)30-32)9-29-18(16)15-7-12-3-5-31(19(33)14(12)10-28-15)11-20(23,24)21(25,26)27/h3-10H,2,11H2,1H3. The molecular weight excluding hydrogens is 501 g/mol. The molecule has 4 aromatic heterocycles. The molecule has 0 N–H and O–H groups in total. The minimum absolute atomic E-state index is 0.0864. The van der Waals surface area contributed by atoms with Crippen molar-refractivity contribution in [2.75, 3.05) is 5.75 Å². The Labute approximate surface area is 198 Å². The summed E-state index contributed by atoms with van der Waals surface area (Å²) in [5.74, 6) is -4.32. The molecule has 0 radical (unpaired) electrons. The molecule has 0 fully saturated rings. The van der Waals surface area contributed by atoms with E-state index < -0.39 is 24.2 Å². The fourth-order valence-electron chi connectivity index (χ4n) is 3.20. The minimum atomic E-state index is -5.77. The number of alkyl halides is 5. The van der Waals surface area contributed by atoms with E-state index in [2.05, 4.69) is 15.1 Å². The molecule has 34 heavy (non-hydrogen) atoms. The van der Waals surface area contributed by atoms with Crippen LogP contribution < -0.4 is 5.56 Å². The van der Waals surface area contributed by atoms with Gasteiger partial charge in [0.15, 0.2) is 5.15 Å². The SMILES string of the molecule is CCSc1cc(-n2ccc(Cl)n2)cnc1-c1cc2ccn(CC(F)(F)C(F)(F)F)c(=O)c2cn1. The predicted molar refractivity (Wildman–Crippen MR) is 119 cm³/mol. The number of hydrogen-bond acceptors (Lipinski definition) is 5. The molecule has 4 heterocycles. The highest BCUT2D eigenvalue weighted by atomic mass is 35.5. The van der Waals surface area contributed by atoms with Crippen LogP contribution in [0.2, 0.25) is 5.15 Å². The Balaban J connectivity index is 1.74. The molecule has 0 spiro atoms. The van der Waals surface area contributed by atoms with E-state index in [1.807, 2.05) is 13.0 Å². The van der Waals surface area contributed by atoms with Gasteiger partial charge in [-0.25, -0.2) is 4.68 Å². The van der Waals surface area contributed by atoms with Crippen LogP contribution in [0, 0.1) is 0 Å². The molecule has 0 amide bonds. The van der Waals surface area contributed by atoms with Crippen LogP contribution in [-0.2, 0) is 6.54 Å². The van der Waals surface area contributed by atoms with Crippen LogP contribution in [0.15, 0.2) is 58.7 Å². The van der Waals surface area contributed by atoms with Crippen molar-refractivity contribution in [2.24, 2.45) is 0 Å². The number of thioether (sulfide) groups is 1. The molecule has 4 rings (SSSR count). The van der Waals surface area contributed by atoms with Crippen molar-refractivity contribution in [2.45, 2.75) is 30.5 Å². The Kier molecular flexibility index (Phi) is 6.38. The van der Waals surface area contributed by atoms with Crippen molar-refractivity contribution in [3.8, 4) is 17.1 Å². The van der Waals surface area contributed by atoms with Crippen LogP contribution in [0.1, 0.15) is 6.92 Å². The van der Waals surface area contributed by atoms with E-state index >= 15 is 0 Å². The van der Waals surface area contributed by atoms with E-state index in [1.165, 1.54) is 23.9 Å². The van der Waals surface area contributed by atoms with E-state index in [4.69, 9.17) is 11.6 Å². The van der Waals surface area contributed by atoms with Gasteiger partial charge in [-0.05, 0) is 35.4 Å². The molecule has 0 aliphatic rings. The molecule has 6 nitrogen and oxygen atoms in total. The van der Waals surface area contributed by atoms with Gasteiger partial charge in [0.2, 0.25) is 0 Å². The Bertz CT molecular complexity index is 1420. The Morgan fingerprint density at radius 3 is 2.47 bits per heavy atom. The van der Waals surface area contributed by atoms with Gasteiger partial charge in [0.1, 0.15) is 5.69 Å². The van der Waals surface area contributed by atoms with E-state index in [9.17, 15) is 26.7 Å². The summed E-state index contributed by atoms with van der Waals surface area (Å²) < 4.78 is 66.4. The van der Waals surface area contributed by atoms with Gasteiger partial charge in [-0.2, -0.15) is 27.1 Å². The average molecular weight is 516 g/mol. The predicted octanol–water partition coefficient (Wildman–Crippen LogP) is 5.61. The minimum Gasteiger partial charge on any atom is -0.308 e. The first-order valence-corrected chi connectivity index (χ1v) is 11.1. The van der Waals surface area contributed by atoms with Crippen molar-refractivity contribution in [3.05, 3.63) is 64.6 Å². The van der Waals surface area contributed by atoms with Crippen LogP contribution >= 0.6 is 23.4 Å². The van der Waals surface area contributed by atoms with Crippen LogP contribution in [0.25, 0.3) is 27.8 Å². The summed E-state index contributed by atoms with van der Waals surface area (Å²) in [6.07, 6.45) is -0.453. The first-order chi connectivity index (χ1) is 16.0. The lowest BCUT2D eigenvalue weighted by Crippen LogP contribution is -2.42. The molecule has 0 aliphatic heterocycles. The third-order valence-corrected chi connectivity index (χ3v) is 5.96. The summed E-state index contributed by atoms with van der Waals surface area (Å²) in [6.45, 7) is 0.143. The summed E-state index contributed by atoms with van der Waals surface area (Å²) >= 11 is 7.38.